The first-order chi connectivity index (χ1) is 13.7. The molecule has 6 nitrogen and oxygen atoms in total. The zero-order chi connectivity index (χ0) is 20.9. The third kappa shape index (κ3) is 3.66. The van der Waals surface area contributed by atoms with E-state index in [1.54, 1.807) is 25.1 Å². The van der Waals surface area contributed by atoms with E-state index in [9.17, 15) is 18.0 Å². The predicted octanol–water partition coefficient (Wildman–Crippen LogP) is 4.19. The van der Waals surface area contributed by atoms with Gasteiger partial charge in [0.15, 0.2) is 5.58 Å². The number of fused-ring (bicyclic) bond motifs is 3. The summed E-state index contributed by atoms with van der Waals surface area (Å²) in [5, 5.41) is 0. The van der Waals surface area contributed by atoms with Crippen molar-refractivity contribution in [3.05, 3.63) is 56.2 Å². The lowest BCUT2D eigenvalue weighted by Crippen LogP contribution is -2.47. The highest BCUT2D eigenvalue weighted by atomic mass is 79.9. The average Bonchev–Trinajstić information content (AvgIpc) is 3.02. The van der Waals surface area contributed by atoms with Gasteiger partial charge in [-0.15, -0.1) is 0 Å². The fourth-order valence-corrected chi connectivity index (χ4v) is 4.27. The Balaban J connectivity index is 1.97. The number of hydrogen-bond acceptors (Lipinski definition) is 5. The van der Waals surface area contributed by atoms with E-state index in [-0.39, 0.29) is 0 Å². The number of nitrogens with one attached hydrogen (secondary N) is 1. The Morgan fingerprint density at radius 2 is 2.17 bits per heavy atom. The molecule has 29 heavy (non-hydrogen) atoms. The van der Waals surface area contributed by atoms with Gasteiger partial charge in [0.05, 0.1) is 25.2 Å². The van der Waals surface area contributed by atoms with Crippen molar-refractivity contribution < 1.29 is 22.3 Å². The van der Waals surface area contributed by atoms with Crippen LogP contribution in [0.3, 0.4) is 0 Å². The second kappa shape index (κ2) is 7.17. The zero-order valence-electron chi connectivity index (χ0n) is 15.5. The summed E-state index contributed by atoms with van der Waals surface area (Å²) in [7, 11) is 1.45. The van der Waals surface area contributed by atoms with Crippen molar-refractivity contribution >= 4 is 27.0 Å². The number of methoxy groups -OCH3 is 1. The minimum Gasteiger partial charge on any atom is -0.495 e. The van der Waals surface area contributed by atoms with E-state index < -0.39 is 30.6 Å². The molecule has 1 N–H and O–H groups in total. The number of benzene rings is 1. The first-order valence-corrected chi connectivity index (χ1v) is 9.63. The van der Waals surface area contributed by atoms with Crippen LogP contribution in [0.2, 0.25) is 0 Å². The number of alkyl halides is 3. The molecule has 0 unspecified atom stereocenters. The van der Waals surface area contributed by atoms with Crippen molar-refractivity contribution in [1.82, 2.24) is 14.9 Å². The Morgan fingerprint density at radius 3 is 2.86 bits per heavy atom. The van der Waals surface area contributed by atoms with Gasteiger partial charge in [0.2, 0.25) is 0 Å². The number of aromatic amines is 1. The molecule has 0 bridgehead atoms. The number of H-pyrrole nitrogens is 1. The highest BCUT2D eigenvalue weighted by molar-refractivity contribution is 9.10. The average molecular weight is 472 g/mol. The lowest BCUT2D eigenvalue weighted by Gasteiger charge is -2.42. The number of ether oxygens (including phenoxy) is 1. The van der Waals surface area contributed by atoms with E-state index in [4.69, 9.17) is 9.15 Å². The van der Waals surface area contributed by atoms with Gasteiger partial charge in [0.1, 0.15) is 11.4 Å². The number of hydrogen-bond donors (Lipinski definition) is 1. The molecule has 1 aliphatic rings. The maximum atomic E-state index is 13.4. The van der Waals surface area contributed by atoms with Crippen LogP contribution in [0.15, 0.2) is 38.1 Å². The molecule has 154 valence electrons. The molecule has 0 spiro atoms. The van der Waals surface area contributed by atoms with Crippen LogP contribution in [0.25, 0.3) is 11.1 Å². The van der Waals surface area contributed by atoms with Gasteiger partial charge in [-0.3, -0.25) is 14.9 Å². The monoisotopic (exact) mass is 471 g/mol. The topological polar surface area (TPSA) is 71.4 Å². The van der Waals surface area contributed by atoms with E-state index in [0.29, 0.717) is 44.6 Å². The Bertz CT molecular complexity index is 1130. The van der Waals surface area contributed by atoms with Gasteiger partial charge < -0.3 is 9.15 Å². The largest absolute Gasteiger partial charge is 0.495 e. The molecule has 0 saturated heterocycles. The highest BCUT2D eigenvalue weighted by Gasteiger charge is 2.43. The summed E-state index contributed by atoms with van der Waals surface area (Å²) < 4.78 is 51.6. The van der Waals surface area contributed by atoms with Crippen molar-refractivity contribution in [2.75, 3.05) is 13.7 Å². The number of rotatable bonds is 3. The number of nitrogens with zero attached hydrogens (tertiary/aromatic N) is 2. The van der Waals surface area contributed by atoms with E-state index in [2.05, 4.69) is 25.9 Å². The van der Waals surface area contributed by atoms with Gasteiger partial charge in [0.25, 0.3) is 0 Å². The summed E-state index contributed by atoms with van der Waals surface area (Å²) in [6.45, 7) is 0.616. The highest BCUT2D eigenvalue weighted by Crippen LogP contribution is 2.43. The molecule has 2 aromatic heterocycles. The van der Waals surface area contributed by atoms with Crippen LogP contribution in [0.1, 0.15) is 29.8 Å². The fraction of sp³-hybridized carbons (Fsp3) is 0.368. The zero-order valence-corrected chi connectivity index (χ0v) is 17.1. The third-order valence-electron chi connectivity index (χ3n) is 5.11. The molecule has 0 radical (unpaired) electrons. The third-order valence-corrected chi connectivity index (χ3v) is 5.54. The standard InChI is InChI=1S/C19H17BrF3N3O3/c1-9-5-12-11(3-4-13-17(12)29-18(27)25-13)16(26(9)8-19(21,22)23)15-14(28-2)6-10(20)7-24-15/h3-4,6-7,9,16H,5,8H2,1-2H3,(H,25,27)/t9-,16+/m1/s1. The minimum atomic E-state index is -4.39. The molecular formula is C19H17BrF3N3O3. The molecule has 0 saturated carbocycles. The fourth-order valence-electron chi connectivity index (χ4n) is 3.96. The summed E-state index contributed by atoms with van der Waals surface area (Å²) in [6, 6.07) is 3.73. The van der Waals surface area contributed by atoms with E-state index >= 15 is 0 Å². The molecule has 3 aromatic rings. The van der Waals surface area contributed by atoms with Crippen molar-refractivity contribution in [1.29, 1.82) is 0 Å². The Morgan fingerprint density at radius 1 is 1.41 bits per heavy atom. The Labute approximate surface area is 171 Å². The molecule has 0 amide bonds. The number of pyridine rings is 1. The predicted molar refractivity (Wildman–Crippen MR) is 103 cm³/mol. The van der Waals surface area contributed by atoms with E-state index in [1.165, 1.54) is 18.2 Å². The maximum Gasteiger partial charge on any atom is 0.417 e. The molecule has 10 heteroatoms. The number of aromatic nitrogens is 2. The molecular weight excluding hydrogens is 455 g/mol. The molecule has 3 heterocycles. The van der Waals surface area contributed by atoms with Gasteiger partial charge in [-0.05, 0) is 47.0 Å². The summed E-state index contributed by atoms with van der Waals surface area (Å²) in [4.78, 5) is 20.0. The molecule has 1 aliphatic heterocycles. The van der Waals surface area contributed by atoms with E-state index in [1.807, 2.05) is 0 Å². The Kier molecular flexibility index (Phi) is 4.94. The quantitative estimate of drug-likeness (QED) is 0.620. The van der Waals surface area contributed by atoms with Crippen molar-refractivity contribution in [3.63, 3.8) is 0 Å². The lowest BCUT2D eigenvalue weighted by molar-refractivity contribution is -0.155. The summed E-state index contributed by atoms with van der Waals surface area (Å²) in [5.41, 5.74) is 2.55. The molecule has 4 rings (SSSR count). The molecule has 0 fully saturated rings. The maximum absolute atomic E-state index is 13.4. The van der Waals surface area contributed by atoms with Crippen LogP contribution in [-0.4, -0.2) is 40.7 Å². The van der Waals surface area contributed by atoms with Crippen molar-refractivity contribution in [2.45, 2.75) is 31.6 Å². The van der Waals surface area contributed by atoms with Crippen LogP contribution in [0.4, 0.5) is 13.2 Å². The van der Waals surface area contributed by atoms with Crippen LogP contribution in [0, 0.1) is 0 Å². The number of halogens is 4. The number of oxazole rings is 1. The molecule has 0 aliphatic carbocycles. The first-order valence-electron chi connectivity index (χ1n) is 8.84. The van der Waals surface area contributed by atoms with Gasteiger partial charge in [-0.25, -0.2) is 4.79 Å². The Hall–Kier alpha value is -2.33. The van der Waals surface area contributed by atoms with E-state index in [0.717, 1.165) is 0 Å². The smallest absolute Gasteiger partial charge is 0.417 e. The van der Waals surface area contributed by atoms with Gasteiger partial charge in [-0.1, -0.05) is 6.07 Å². The second-order valence-corrected chi connectivity index (χ2v) is 7.92. The summed E-state index contributed by atoms with van der Waals surface area (Å²) in [6.07, 6.45) is -2.56. The van der Waals surface area contributed by atoms with Crippen LogP contribution >= 0.6 is 15.9 Å². The van der Waals surface area contributed by atoms with Crippen LogP contribution in [0.5, 0.6) is 5.75 Å². The van der Waals surface area contributed by atoms with Crippen molar-refractivity contribution in [3.8, 4) is 5.75 Å². The van der Waals surface area contributed by atoms with Gasteiger partial charge in [0, 0.05) is 22.3 Å². The summed E-state index contributed by atoms with van der Waals surface area (Å²) >= 11 is 3.31. The van der Waals surface area contributed by atoms with Crippen molar-refractivity contribution in [2.24, 2.45) is 0 Å². The van der Waals surface area contributed by atoms with Crippen LogP contribution < -0.4 is 10.5 Å². The van der Waals surface area contributed by atoms with Gasteiger partial charge >= 0.3 is 11.9 Å². The first kappa shape index (κ1) is 20.0. The van der Waals surface area contributed by atoms with Crippen LogP contribution in [-0.2, 0) is 6.42 Å². The summed E-state index contributed by atoms with van der Waals surface area (Å²) in [5.74, 6) is -0.234. The normalized spacial score (nSPS) is 20.1. The lowest BCUT2D eigenvalue weighted by atomic mass is 9.86. The SMILES string of the molecule is COc1cc(Br)cnc1[C@@H]1c2ccc3[nH]c(=O)oc3c2C[C@@H](C)N1CC(F)(F)F. The molecule has 2 atom stereocenters. The second-order valence-electron chi connectivity index (χ2n) is 7.01. The minimum absolute atomic E-state index is 0.304. The van der Waals surface area contributed by atoms with Gasteiger partial charge in [-0.2, -0.15) is 13.2 Å². The molecule has 1 aromatic carbocycles.